The molecule has 3 aromatic carbocycles. The van der Waals surface area contributed by atoms with Crippen molar-refractivity contribution in [1.82, 2.24) is 5.32 Å². The smallest absolute Gasteiger partial charge is 0.264 e. The van der Waals surface area contributed by atoms with Gasteiger partial charge < -0.3 is 10.1 Å². The van der Waals surface area contributed by atoms with E-state index in [2.05, 4.69) is 5.32 Å². The van der Waals surface area contributed by atoms with Crippen LogP contribution in [0.4, 0.5) is 5.69 Å². The normalized spacial score (nSPS) is 13.0. The van der Waals surface area contributed by atoms with Crippen molar-refractivity contribution < 1.29 is 17.9 Å². The maximum Gasteiger partial charge on any atom is 0.264 e. The van der Waals surface area contributed by atoms with E-state index in [-0.39, 0.29) is 29.5 Å². The van der Waals surface area contributed by atoms with Gasteiger partial charge in [0.05, 0.1) is 17.1 Å². The van der Waals surface area contributed by atoms with Gasteiger partial charge in [-0.05, 0) is 60.5 Å². The summed E-state index contributed by atoms with van der Waals surface area (Å²) in [6.45, 7) is 0.938. The first kappa shape index (κ1) is 21.2. The first-order valence-electron chi connectivity index (χ1n) is 9.82. The average Bonchev–Trinajstić information content (AvgIpc) is 3.23. The number of carbonyl (C=O) groups is 1. The van der Waals surface area contributed by atoms with Crippen molar-refractivity contribution in [3.63, 3.8) is 0 Å². The van der Waals surface area contributed by atoms with Gasteiger partial charge in [-0.25, -0.2) is 8.42 Å². The molecule has 0 unspecified atom stereocenters. The standard InChI is InChI=1S/C23H21ClN2O4S/c24-19-8-10-20(11-9-19)30-15-13-25-23(27)18-5-3-6-21(16-18)31(28,29)26-14-12-17-4-1-2-7-22(17)26/h1-11,16H,12-15H2,(H,25,27). The number of carbonyl (C=O) groups excluding carboxylic acids is 1. The zero-order valence-electron chi connectivity index (χ0n) is 16.6. The number of nitrogens with zero attached hydrogens (tertiary/aromatic N) is 1. The Bertz CT molecular complexity index is 1200. The predicted molar refractivity (Wildman–Crippen MR) is 120 cm³/mol. The summed E-state index contributed by atoms with van der Waals surface area (Å²) in [7, 11) is -3.76. The van der Waals surface area contributed by atoms with Crippen LogP contribution in [0.3, 0.4) is 0 Å². The van der Waals surface area contributed by atoms with Crippen LogP contribution < -0.4 is 14.4 Å². The Morgan fingerprint density at radius 2 is 1.81 bits per heavy atom. The van der Waals surface area contributed by atoms with Gasteiger partial charge in [-0.3, -0.25) is 9.10 Å². The topological polar surface area (TPSA) is 75.7 Å². The molecule has 31 heavy (non-hydrogen) atoms. The van der Waals surface area contributed by atoms with Gasteiger partial charge >= 0.3 is 0 Å². The number of benzene rings is 3. The van der Waals surface area contributed by atoms with Crippen LogP contribution in [0.5, 0.6) is 5.75 Å². The quantitative estimate of drug-likeness (QED) is 0.547. The number of halogens is 1. The highest BCUT2D eigenvalue weighted by atomic mass is 35.5. The fourth-order valence-electron chi connectivity index (χ4n) is 3.45. The van der Waals surface area contributed by atoms with Crippen LogP contribution >= 0.6 is 11.6 Å². The fourth-order valence-corrected chi connectivity index (χ4v) is 5.12. The van der Waals surface area contributed by atoms with E-state index >= 15 is 0 Å². The van der Waals surface area contributed by atoms with Gasteiger partial charge in [-0.1, -0.05) is 35.9 Å². The number of ether oxygens (including phenoxy) is 1. The fraction of sp³-hybridized carbons (Fsp3) is 0.174. The van der Waals surface area contributed by atoms with Crippen molar-refractivity contribution in [1.29, 1.82) is 0 Å². The number of rotatable bonds is 7. The molecular weight excluding hydrogens is 436 g/mol. The first-order valence-corrected chi connectivity index (χ1v) is 11.6. The zero-order valence-corrected chi connectivity index (χ0v) is 18.2. The second-order valence-electron chi connectivity index (χ2n) is 7.04. The van der Waals surface area contributed by atoms with Crippen LogP contribution in [-0.4, -0.2) is 34.0 Å². The van der Waals surface area contributed by atoms with E-state index in [1.807, 2.05) is 18.2 Å². The predicted octanol–water partition coefficient (Wildman–Crippen LogP) is 3.90. The van der Waals surface area contributed by atoms with E-state index in [1.54, 1.807) is 42.5 Å². The maximum absolute atomic E-state index is 13.2. The molecule has 1 aliphatic heterocycles. The monoisotopic (exact) mass is 456 g/mol. The molecule has 1 amide bonds. The van der Waals surface area contributed by atoms with E-state index in [4.69, 9.17) is 16.3 Å². The molecule has 0 radical (unpaired) electrons. The average molecular weight is 457 g/mol. The molecule has 160 valence electrons. The molecule has 1 heterocycles. The van der Waals surface area contributed by atoms with E-state index in [0.29, 0.717) is 29.4 Å². The number of anilines is 1. The third kappa shape index (κ3) is 4.68. The van der Waals surface area contributed by atoms with E-state index in [0.717, 1.165) is 5.56 Å². The minimum atomic E-state index is -3.76. The minimum Gasteiger partial charge on any atom is -0.492 e. The summed E-state index contributed by atoms with van der Waals surface area (Å²) in [5, 5.41) is 3.36. The number of fused-ring (bicyclic) bond motifs is 1. The van der Waals surface area contributed by atoms with Crippen LogP contribution in [0, 0.1) is 0 Å². The summed E-state index contributed by atoms with van der Waals surface area (Å²) in [5.41, 5.74) is 1.97. The summed E-state index contributed by atoms with van der Waals surface area (Å²) in [6.07, 6.45) is 0.670. The molecule has 0 saturated carbocycles. The van der Waals surface area contributed by atoms with Gasteiger partial charge in [-0.15, -0.1) is 0 Å². The number of hydrogen-bond donors (Lipinski definition) is 1. The van der Waals surface area contributed by atoms with Crippen LogP contribution in [0.1, 0.15) is 15.9 Å². The lowest BCUT2D eigenvalue weighted by atomic mass is 10.2. The summed E-state index contributed by atoms with van der Waals surface area (Å²) in [6, 6.07) is 20.5. The summed E-state index contributed by atoms with van der Waals surface area (Å²) >= 11 is 5.84. The Labute approximate surface area is 186 Å². The summed E-state index contributed by atoms with van der Waals surface area (Å²) < 4.78 is 33.3. The molecule has 4 rings (SSSR count). The number of para-hydroxylation sites is 1. The molecule has 0 spiro atoms. The maximum atomic E-state index is 13.2. The number of nitrogens with one attached hydrogen (secondary N) is 1. The lowest BCUT2D eigenvalue weighted by Crippen LogP contribution is -2.30. The molecule has 0 aromatic heterocycles. The summed E-state index contributed by atoms with van der Waals surface area (Å²) in [4.78, 5) is 12.6. The Kier molecular flexibility index (Phi) is 6.15. The zero-order chi connectivity index (χ0) is 21.8. The Morgan fingerprint density at radius 1 is 1.03 bits per heavy atom. The van der Waals surface area contributed by atoms with Crippen molar-refractivity contribution in [3.05, 3.63) is 88.9 Å². The van der Waals surface area contributed by atoms with Crippen molar-refractivity contribution in [2.45, 2.75) is 11.3 Å². The minimum absolute atomic E-state index is 0.0919. The molecule has 0 bridgehead atoms. The second-order valence-corrected chi connectivity index (χ2v) is 9.34. The first-order chi connectivity index (χ1) is 14.9. The van der Waals surface area contributed by atoms with Gasteiger partial charge in [0, 0.05) is 17.1 Å². The van der Waals surface area contributed by atoms with Crippen molar-refractivity contribution in [2.24, 2.45) is 0 Å². The Hall–Kier alpha value is -3.03. The Morgan fingerprint density at radius 3 is 2.61 bits per heavy atom. The van der Waals surface area contributed by atoms with Crippen molar-refractivity contribution in [3.8, 4) is 5.75 Å². The molecule has 8 heteroatoms. The molecule has 1 N–H and O–H groups in total. The SMILES string of the molecule is O=C(NCCOc1ccc(Cl)cc1)c1cccc(S(=O)(=O)N2CCc3ccccc32)c1. The van der Waals surface area contributed by atoms with Gasteiger partial charge in [0.25, 0.3) is 15.9 Å². The molecule has 0 saturated heterocycles. The molecule has 6 nitrogen and oxygen atoms in total. The molecule has 0 aliphatic carbocycles. The summed E-state index contributed by atoms with van der Waals surface area (Å²) in [5.74, 6) is 0.288. The number of hydrogen-bond acceptors (Lipinski definition) is 4. The molecule has 0 atom stereocenters. The molecule has 0 fully saturated rings. The van der Waals surface area contributed by atoms with Gasteiger partial charge in [-0.2, -0.15) is 0 Å². The van der Waals surface area contributed by atoms with Gasteiger partial charge in [0.1, 0.15) is 12.4 Å². The van der Waals surface area contributed by atoms with Crippen molar-refractivity contribution in [2.75, 3.05) is 24.0 Å². The third-order valence-electron chi connectivity index (χ3n) is 5.00. The third-order valence-corrected chi connectivity index (χ3v) is 7.06. The molecule has 1 aliphatic rings. The Balaban J connectivity index is 1.40. The number of sulfonamides is 1. The van der Waals surface area contributed by atoms with E-state index in [9.17, 15) is 13.2 Å². The van der Waals surface area contributed by atoms with Gasteiger partial charge in [0.15, 0.2) is 0 Å². The van der Waals surface area contributed by atoms with E-state index < -0.39 is 10.0 Å². The van der Waals surface area contributed by atoms with Crippen LogP contribution in [0.25, 0.3) is 0 Å². The van der Waals surface area contributed by atoms with Gasteiger partial charge in [0.2, 0.25) is 0 Å². The molecule has 3 aromatic rings. The van der Waals surface area contributed by atoms with Crippen LogP contribution in [0.15, 0.2) is 77.7 Å². The highest BCUT2D eigenvalue weighted by Gasteiger charge is 2.30. The highest BCUT2D eigenvalue weighted by Crippen LogP contribution is 2.32. The highest BCUT2D eigenvalue weighted by molar-refractivity contribution is 7.92. The van der Waals surface area contributed by atoms with Crippen LogP contribution in [-0.2, 0) is 16.4 Å². The largest absolute Gasteiger partial charge is 0.492 e. The lowest BCUT2D eigenvalue weighted by Gasteiger charge is -2.20. The van der Waals surface area contributed by atoms with E-state index in [1.165, 1.54) is 16.4 Å². The van der Waals surface area contributed by atoms with Crippen molar-refractivity contribution >= 4 is 33.2 Å². The molecular formula is C23H21ClN2O4S. The van der Waals surface area contributed by atoms with Crippen LogP contribution in [0.2, 0.25) is 5.02 Å². The lowest BCUT2D eigenvalue weighted by molar-refractivity contribution is 0.0947. The number of amides is 1. The second kappa shape index (κ2) is 8.99.